The lowest BCUT2D eigenvalue weighted by atomic mass is 9.97. The van der Waals surface area contributed by atoms with Crippen molar-refractivity contribution in [3.8, 4) is 0 Å². The summed E-state index contributed by atoms with van der Waals surface area (Å²) in [6.07, 6.45) is -6.88. The van der Waals surface area contributed by atoms with E-state index in [0.29, 0.717) is 5.56 Å². The molecule has 1 rings (SSSR count). The summed E-state index contributed by atoms with van der Waals surface area (Å²) in [5, 5.41) is 38.4. The van der Waals surface area contributed by atoms with Crippen molar-refractivity contribution in [1.29, 1.82) is 0 Å². The van der Waals surface area contributed by atoms with Crippen molar-refractivity contribution >= 4 is 5.97 Å². The molecule has 0 amide bonds. The van der Waals surface area contributed by atoms with Crippen LogP contribution < -0.4 is 0 Å². The van der Waals surface area contributed by atoms with E-state index in [1.807, 2.05) is 0 Å². The second-order valence-electron chi connectivity index (χ2n) is 3.80. The molecule has 0 aliphatic rings. The summed E-state index contributed by atoms with van der Waals surface area (Å²) >= 11 is 0. The molecular weight excluding hydrogens is 240 g/mol. The Morgan fingerprint density at radius 2 is 1.61 bits per heavy atom. The number of esters is 1. The Morgan fingerprint density at radius 3 is 2.11 bits per heavy atom. The monoisotopic (exact) mass is 256 g/mol. The molecule has 18 heavy (non-hydrogen) atoms. The van der Waals surface area contributed by atoms with Crippen LogP contribution in [0.5, 0.6) is 0 Å². The number of ether oxygens (including phenoxy) is 1. The first-order chi connectivity index (χ1) is 8.49. The molecule has 0 spiro atoms. The SMILES string of the molecule is COC(=O)[C@H](O)[C@@H](O)[C@H](O)[C@@H](O)c1ccccc1. The van der Waals surface area contributed by atoms with Crippen LogP contribution in [0, 0.1) is 0 Å². The van der Waals surface area contributed by atoms with Crippen LogP contribution in [0.4, 0.5) is 0 Å². The summed E-state index contributed by atoms with van der Waals surface area (Å²) in [7, 11) is 1.04. The fourth-order valence-corrected chi connectivity index (χ4v) is 1.48. The van der Waals surface area contributed by atoms with E-state index >= 15 is 0 Å². The molecule has 6 nitrogen and oxygen atoms in total. The zero-order valence-electron chi connectivity index (χ0n) is 9.80. The largest absolute Gasteiger partial charge is 0.467 e. The van der Waals surface area contributed by atoms with Gasteiger partial charge in [-0.05, 0) is 5.56 Å². The quantitative estimate of drug-likeness (QED) is 0.502. The van der Waals surface area contributed by atoms with E-state index in [4.69, 9.17) is 0 Å². The maximum absolute atomic E-state index is 11.0. The Morgan fingerprint density at radius 1 is 1.06 bits per heavy atom. The average molecular weight is 256 g/mol. The van der Waals surface area contributed by atoms with Crippen LogP contribution in [0.25, 0.3) is 0 Å². The summed E-state index contributed by atoms with van der Waals surface area (Å²) in [5.74, 6) is -1.08. The molecule has 0 heterocycles. The van der Waals surface area contributed by atoms with Crippen LogP contribution >= 0.6 is 0 Å². The summed E-state index contributed by atoms with van der Waals surface area (Å²) in [6.45, 7) is 0. The maximum Gasteiger partial charge on any atom is 0.337 e. The molecule has 0 saturated carbocycles. The Labute approximate surface area is 104 Å². The molecule has 1 aromatic rings. The topological polar surface area (TPSA) is 107 Å². The summed E-state index contributed by atoms with van der Waals surface area (Å²) in [5.41, 5.74) is 0.362. The van der Waals surface area contributed by atoms with Crippen LogP contribution in [0.15, 0.2) is 30.3 Å². The van der Waals surface area contributed by atoms with E-state index < -0.39 is 30.4 Å². The number of hydrogen-bond donors (Lipinski definition) is 4. The second kappa shape index (κ2) is 6.46. The van der Waals surface area contributed by atoms with Crippen molar-refractivity contribution in [1.82, 2.24) is 0 Å². The molecular formula is C12H16O6. The van der Waals surface area contributed by atoms with Crippen molar-refractivity contribution in [2.24, 2.45) is 0 Å². The van der Waals surface area contributed by atoms with Gasteiger partial charge in [0.25, 0.3) is 0 Å². The van der Waals surface area contributed by atoms with Gasteiger partial charge in [0, 0.05) is 0 Å². The highest BCUT2D eigenvalue weighted by Gasteiger charge is 2.35. The zero-order chi connectivity index (χ0) is 13.7. The fraction of sp³-hybridized carbons (Fsp3) is 0.417. The van der Waals surface area contributed by atoms with Gasteiger partial charge in [-0.15, -0.1) is 0 Å². The molecule has 100 valence electrons. The number of aliphatic hydroxyl groups excluding tert-OH is 4. The third-order valence-electron chi connectivity index (χ3n) is 2.58. The lowest BCUT2D eigenvalue weighted by molar-refractivity contribution is -0.166. The molecule has 1 aromatic carbocycles. The highest BCUT2D eigenvalue weighted by atomic mass is 16.5. The van der Waals surface area contributed by atoms with Crippen molar-refractivity contribution in [3.05, 3.63) is 35.9 Å². The van der Waals surface area contributed by atoms with Crippen molar-refractivity contribution in [2.45, 2.75) is 24.4 Å². The van der Waals surface area contributed by atoms with Crippen LogP contribution in [0.2, 0.25) is 0 Å². The lowest BCUT2D eigenvalue weighted by Crippen LogP contribution is -2.45. The van der Waals surface area contributed by atoms with Gasteiger partial charge in [-0.2, -0.15) is 0 Å². The second-order valence-corrected chi connectivity index (χ2v) is 3.80. The third-order valence-corrected chi connectivity index (χ3v) is 2.58. The minimum absolute atomic E-state index is 0.362. The predicted molar refractivity (Wildman–Crippen MR) is 61.4 cm³/mol. The van der Waals surface area contributed by atoms with E-state index in [1.54, 1.807) is 30.3 Å². The van der Waals surface area contributed by atoms with Gasteiger partial charge < -0.3 is 25.2 Å². The standard InChI is InChI=1S/C12H16O6/c1-18-12(17)11(16)10(15)9(14)8(13)7-5-3-2-4-6-7/h2-6,8-11,13-16H,1H3/t8-,9+,10-,11+/m0/s1. The van der Waals surface area contributed by atoms with E-state index in [9.17, 15) is 25.2 Å². The number of hydrogen-bond acceptors (Lipinski definition) is 6. The molecule has 0 unspecified atom stereocenters. The molecule has 4 N–H and O–H groups in total. The number of methoxy groups -OCH3 is 1. The average Bonchev–Trinajstić information content (AvgIpc) is 2.44. The van der Waals surface area contributed by atoms with Crippen LogP contribution in [0.1, 0.15) is 11.7 Å². The Kier molecular flexibility index (Phi) is 5.24. The van der Waals surface area contributed by atoms with Gasteiger partial charge in [0.15, 0.2) is 6.10 Å². The number of aliphatic hydroxyl groups is 4. The molecule has 0 aliphatic heterocycles. The van der Waals surface area contributed by atoms with Crippen molar-refractivity contribution in [2.75, 3.05) is 7.11 Å². The number of carbonyl (C=O) groups is 1. The molecule has 0 radical (unpaired) electrons. The Hall–Kier alpha value is -1.47. The number of carbonyl (C=O) groups excluding carboxylic acids is 1. The van der Waals surface area contributed by atoms with E-state index in [-0.39, 0.29) is 0 Å². The van der Waals surface area contributed by atoms with Gasteiger partial charge in [0.2, 0.25) is 0 Å². The number of benzene rings is 1. The maximum atomic E-state index is 11.0. The first-order valence-electron chi connectivity index (χ1n) is 5.34. The third kappa shape index (κ3) is 3.27. The lowest BCUT2D eigenvalue weighted by Gasteiger charge is -2.25. The Bertz CT molecular complexity index is 379. The van der Waals surface area contributed by atoms with Crippen LogP contribution in [-0.2, 0) is 9.53 Å². The Balaban J connectivity index is 2.75. The highest BCUT2D eigenvalue weighted by molar-refractivity contribution is 5.75. The first-order valence-corrected chi connectivity index (χ1v) is 5.34. The number of rotatable bonds is 5. The van der Waals surface area contributed by atoms with E-state index in [0.717, 1.165) is 7.11 Å². The fourth-order valence-electron chi connectivity index (χ4n) is 1.48. The van der Waals surface area contributed by atoms with Gasteiger partial charge in [-0.3, -0.25) is 0 Å². The smallest absolute Gasteiger partial charge is 0.337 e. The summed E-state index contributed by atoms with van der Waals surface area (Å²) < 4.78 is 4.23. The molecule has 0 bridgehead atoms. The van der Waals surface area contributed by atoms with Crippen molar-refractivity contribution in [3.63, 3.8) is 0 Å². The van der Waals surface area contributed by atoms with E-state index in [2.05, 4.69) is 4.74 Å². The van der Waals surface area contributed by atoms with Crippen molar-refractivity contribution < 1.29 is 30.0 Å². The van der Waals surface area contributed by atoms with Gasteiger partial charge in [0.1, 0.15) is 18.3 Å². The molecule has 0 aromatic heterocycles. The van der Waals surface area contributed by atoms with Crippen LogP contribution in [-0.4, -0.2) is 51.8 Å². The van der Waals surface area contributed by atoms with Crippen LogP contribution in [0.3, 0.4) is 0 Å². The molecule has 4 atom stereocenters. The first kappa shape index (κ1) is 14.6. The predicted octanol–water partition coefficient (Wildman–Crippen LogP) is -1.02. The van der Waals surface area contributed by atoms with Gasteiger partial charge in [-0.25, -0.2) is 4.79 Å². The minimum Gasteiger partial charge on any atom is -0.467 e. The minimum atomic E-state index is -1.91. The molecule has 6 heteroatoms. The van der Waals surface area contributed by atoms with Gasteiger partial charge >= 0.3 is 5.97 Å². The van der Waals surface area contributed by atoms with Gasteiger partial charge in [0.05, 0.1) is 7.11 Å². The summed E-state index contributed by atoms with van der Waals surface area (Å²) in [4.78, 5) is 11.0. The summed E-state index contributed by atoms with van der Waals surface area (Å²) in [6, 6.07) is 8.11. The zero-order valence-corrected chi connectivity index (χ0v) is 9.80. The highest BCUT2D eigenvalue weighted by Crippen LogP contribution is 2.20. The normalized spacial score (nSPS) is 17.6. The molecule has 0 saturated heterocycles. The van der Waals surface area contributed by atoms with E-state index in [1.165, 1.54) is 0 Å². The van der Waals surface area contributed by atoms with Gasteiger partial charge in [-0.1, -0.05) is 30.3 Å². The molecule has 0 aliphatic carbocycles. The molecule has 0 fully saturated rings.